The lowest BCUT2D eigenvalue weighted by Crippen LogP contribution is -2.31. The molecule has 162 valence electrons. The van der Waals surface area contributed by atoms with Crippen LogP contribution in [-0.4, -0.2) is 51.8 Å². The smallest absolute Gasteiger partial charge is 0.340 e. The van der Waals surface area contributed by atoms with E-state index in [9.17, 15) is 19.5 Å². The van der Waals surface area contributed by atoms with Gasteiger partial charge in [0.15, 0.2) is 0 Å². The molecule has 2 aromatic rings. The van der Waals surface area contributed by atoms with Crippen molar-refractivity contribution in [2.75, 3.05) is 0 Å². The number of urea groups is 1. The van der Waals surface area contributed by atoms with E-state index < -0.39 is 18.2 Å². The predicted octanol–water partition coefficient (Wildman–Crippen LogP) is 0.662. The summed E-state index contributed by atoms with van der Waals surface area (Å²) in [4.78, 5) is 38.1. The molecular formula is C20H26N4O6. The van der Waals surface area contributed by atoms with Crippen LogP contribution in [0.25, 0.3) is 16.5 Å². The summed E-state index contributed by atoms with van der Waals surface area (Å²) >= 11 is 0. The fourth-order valence-corrected chi connectivity index (χ4v) is 3.44. The third kappa shape index (κ3) is 5.16. The zero-order valence-corrected chi connectivity index (χ0v) is 16.7. The molecule has 3 atom stereocenters. The highest BCUT2D eigenvalue weighted by molar-refractivity contribution is 6.23. The van der Waals surface area contributed by atoms with E-state index in [4.69, 9.17) is 10.5 Å². The molecule has 10 heteroatoms. The number of nitrogens with one attached hydrogen (secondary N) is 3. The summed E-state index contributed by atoms with van der Waals surface area (Å²) in [5.41, 5.74) is 7.62. The van der Waals surface area contributed by atoms with Gasteiger partial charge in [-0.2, -0.15) is 0 Å². The van der Waals surface area contributed by atoms with Crippen LogP contribution in [0.2, 0.25) is 0 Å². The number of carboxylic acid groups (broad SMARTS) is 1. The number of amides is 2. The number of carbonyl (C=O) groups is 3. The number of nitrogens with two attached hydrogens (primary N) is 1. The quantitative estimate of drug-likeness (QED) is 0.250. The number of H-pyrrole nitrogens is 1. The molecule has 0 radical (unpaired) electrons. The van der Waals surface area contributed by atoms with Crippen LogP contribution in [0.3, 0.4) is 0 Å². The number of esters is 1. The van der Waals surface area contributed by atoms with Gasteiger partial charge in [0.1, 0.15) is 6.23 Å². The van der Waals surface area contributed by atoms with Crippen LogP contribution in [0.5, 0.6) is 0 Å². The van der Waals surface area contributed by atoms with Crippen molar-refractivity contribution < 1.29 is 29.7 Å². The van der Waals surface area contributed by atoms with Crippen molar-refractivity contribution in [3.8, 4) is 0 Å². The average Bonchev–Trinajstić information content (AvgIpc) is 3.19. The number of ether oxygens (including phenoxy) is 1. The lowest BCUT2D eigenvalue weighted by molar-refractivity contribution is -0.141. The summed E-state index contributed by atoms with van der Waals surface area (Å²) in [7, 11) is 0. The van der Waals surface area contributed by atoms with Crippen molar-refractivity contribution in [3.63, 3.8) is 0 Å². The zero-order chi connectivity index (χ0) is 21.1. The first-order valence-corrected chi connectivity index (χ1v) is 9.33. The molecule has 0 aliphatic carbocycles. The molecule has 1 aromatic heterocycles. The Morgan fingerprint density at radius 2 is 2.07 bits per heavy atom. The van der Waals surface area contributed by atoms with Crippen molar-refractivity contribution in [1.82, 2.24) is 15.6 Å². The van der Waals surface area contributed by atoms with E-state index in [1.165, 1.54) is 6.92 Å². The van der Waals surface area contributed by atoms with Crippen molar-refractivity contribution in [2.45, 2.75) is 45.0 Å². The standard InChI is InChI=1S/C20H24N4O5.H2O/c1-10-16(24-20(28)23-10)5-3-12-4-6-17-13(7-12)15(9-22-17)14(8-18(25)26)19(27)29-11(2)21;/h4,6-11,16,22H,3,5,21H2,1-2H3,(H,25,26)(H2,23,24,28);1H2/b14-8-;. The van der Waals surface area contributed by atoms with Crippen LogP contribution in [0.4, 0.5) is 4.79 Å². The van der Waals surface area contributed by atoms with Gasteiger partial charge in [-0.3, -0.25) is 5.73 Å². The lowest BCUT2D eigenvalue weighted by atomic mass is 9.98. The van der Waals surface area contributed by atoms with Crippen molar-refractivity contribution >= 4 is 34.4 Å². The molecule has 1 fully saturated rings. The highest BCUT2D eigenvalue weighted by Gasteiger charge is 2.27. The second-order valence-electron chi connectivity index (χ2n) is 7.14. The van der Waals surface area contributed by atoms with Crippen LogP contribution in [0.1, 0.15) is 31.4 Å². The van der Waals surface area contributed by atoms with Gasteiger partial charge in [0.05, 0.1) is 11.6 Å². The minimum atomic E-state index is -1.26. The van der Waals surface area contributed by atoms with Crippen LogP contribution in [0.15, 0.2) is 30.5 Å². The fourth-order valence-electron chi connectivity index (χ4n) is 3.44. The van der Waals surface area contributed by atoms with Gasteiger partial charge in [-0.15, -0.1) is 0 Å². The van der Waals surface area contributed by atoms with Crippen LogP contribution in [-0.2, 0) is 20.7 Å². The van der Waals surface area contributed by atoms with Gasteiger partial charge < -0.3 is 30.9 Å². The third-order valence-corrected chi connectivity index (χ3v) is 4.84. The molecule has 3 rings (SSSR count). The number of carbonyl (C=O) groups excluding carboxylic acids is 2. The van der Waals surface area contributed by atoms with E-state index in [1.54, 1.807) is 6.20 Å². The summed E-state index contributed by atoms with van der Waals surface area (Å²) in [6.07, 6.45) is 2.99. The summed E-state index contributed by atoms with van der Waals surface area (Å²) < 4.78 is 5.00. The Labute approximate surface area is 172 Å². The van der Waals surface area contributed by atoms with E-state index in [1.807, 2.05) is 25.1 Å². The van der Waals surface area contributed by atoms with E-state index in [0.717, 1.165) is 23.6 Å². The van der Waals surface area contributed by atoms with Gasteiger partial charge in [-0.25, -0.2) is 14.4 Å². The van der Waals surface area contributed by atoms with Gasteiger partial charge >= 0.3 is 18.0 Å². The molecule has 2 amide bonds. The third-order valence-electron chi connectivity index (χ3n) is 4.84. The summed E-state index contributed by atoms with van der Waals surface area (Å²) in [6, 6.07) is 5.66. The summed E-state index contributed by atoms with van der Waals surface area (Å²) in [5, 5.41) is 15.6. The highest BCUT2D eigenvalue weighted by Crippen LogP contribution is 2.28. The Bertz CT molecular complexity index is 981. The van der Waals surface area contributed by atoms with Crippen LogP contribution in [0, 0.1) is 0 Å². The monoisotopic (exact) mass is 418 g/mol. The Morgan fingerprint density at radius 3 is 2.67 bits per heavy atom. The second kappa shape index (κ2) is 9.42. The highest BCUT2D eigenvalue weighted by atomic mass is 16.6. The number of aromatic nitrogens is 1. The Balaban J connectivity index is 0.00000320. The molecule has 1 aromatic carbocycles. The Morgan fingerprint density at radius 1 is 1.33 bits per heavy atom. The number of aryl methyl sites for hydroxylation is 1. The van der Waals surface area contributed by atoms with Crippen LogP contribution < -0.4 is 16.4 Å². The topological polar surface area (TPSA) is 178 Å². The molecule has 3 unspecified atom stereocenters. The predicted molar refractivity (Wildman–Crippen MR) is 111 cm³/mol. The SMILES string of the molecule is CC(N)OC(=O)/C(=C\C(=O)O)c1c[nH]c2ccc(CCC3NC(=O)NC3C)cc12.O. The molecule has 1 aliphatic rings. The molecule has 0 bridgehead atoms. The number of rotatable bonds is 7. The van der Waals surface area contributed by atoms with E-state index in [-0.39, 0.29) is 29.2 Å². The first-order valence-electron chi connectivity index (χ1n) is 9.33. The molecule has 8 N–H and O–H groups in total. The maximum absolute atomic E-state index is 12.4. The van der Waals surface area contributed by atoms with E-state index in [2.05, 4.69) is 15.6 Å². The first-order chi connectivity index (χ1) is 13.7. The maximum atomic E-state index is 12.4. The van der Waals surface area contributed by atoms with Gasteiger partial charge in [-0.05, 0) is 44.4 Å². The molecule has 30 heavy (non-hydrogen) atoms. The summed E-state index contributed by atoms with van der Waals surface area (Å²) in [5.74, 6) is -2.06. The number of fused-ring (bicyclic) bond motifs is 1. The van der Waals surface area contributed by atoms with Crippen molar-refractivity contribution in [1.29, 1.82) is 0 Å². The molecule has 2 heterocycles. The molecular weight excluding hydrogens is 392 g/mol. The first kappa shape index (κ1) is 22.9. The fraction of sp³-hybridized carbons (Fsp3) is 0.350. The largest absolute Gasteiger partial charge is 0.478 e. The minimum Gasteiger partial charge on any atom is -0.478 e. The number of hydrogen-bond acceptors (Lipinski definition) is 5. The average molecular weight is 418 g/mol. The second-order valence-corrected chi connectivity index (χ2v) is 7.14. The number of benzene rings is 1. The summed E-state index contributed by atoms with van der Waals surface area (Å²) in [6.45, 7) is 3.43. The van der Waals surface area contributed by atoms with Gasteiger partial charge in [-0.1, -0.05) is 6.07 Å². The van der Waals surface area contributed by atoms with Gasteiger partial charge in [0.2, 0.25) is 0 Å². The number of hydrogen-bond donors (Lipinski definition) is 5. The molecule has 10 nitrogen and oxygen atoms in total. The lowest BCUT2D eigenvalue weighted by Gasteiger charge is -2.14. The molecule has 1 aliphatic heterocycles. The normalized spacial score (nSPS) is 19.6. The Hall–Kier alpha value is -3.37. The molecule has 1 saturated heterocycles. The van der Waals surface area contributed by atoms with E-state index in [0.29, 0.717) is 17.4 Å². The van der Waals surface area contributed by atoms with Crippen molar-refractivity contribution in [2.24, 2.45) is 5.73 Å². The Kier molecular flexibility index (Phi) is 7.19. The van der Waals surface area contributed by atoms with E-state index >= 15 is 0 Å². The zero-order valence-electron chi connectivity index (χ0n) is 16.7. The van der Waals surface area contributed by atoms with Gasteiger partial charge in [0, 0.05) is 34.8 Å². The van der Waals surface area contributed by atoms with Crippen LogP contribution >= 0.6 is 0 Å². The van der Waals surface area contributed by atoms with Crippen molar-refractivity contribution in [3.05, 3.63) is 41.6 Å². The minimum absolute atomic E-state index is 0. The molecule has 0 spiro atoms. The molecule has 0 saturated carbocycles. The number of aromatic amines is 1. The van der Waals surface area contributed by atoms with Gasteiger partial charge in [0.25, 0.3) is 0 Å². The number of carboxylic acids is 1. The maximum Gasteiger partial charge on any atom is 0.340 e. The number of aliphatic carboxylic acids is 1.